The number of hydrogen-bond donors (Lipinski definition) is 0. The fourth-order valence-corrected chi connectivity index (χ4v) is 5.87. The number of anilines is 2. The Labute approximate surface area is 190 Å². The molecule has 1 aromatic heterocycles. The van der Waals surface area contributed by atoms with Gasteiger partial charge in [0.25, 0.3) is 10.0 Å². The molecule has 1 saturated heterocycles. The minimum absolute atomic E-state index is 0.128. The maximum Gasteiger partial charge on any atom is 0.266 e. The van der Waals surface area contributed by atoms with Crippen LogP contribution in [0.1, 0.15) is 0 Å². The Hall–Kier alpha value is -2.62. The molecule has 0 radical (unpaired) electrons. The van der Waals surface area contributed by atoms with Gasteiger partial charge in [-0.2, -0.15) is 0 Å². The van der Waals surface area contributed by atoms with Crippen molar-refractivity contribution in [3.05, 3.63) is 71.2 Å². The van der Waals surface area contributed by atoms with Crippen molar-refractivity contribution >= 4 is 49.7 Å². The molecule has 0 aliphatic carbocycles. The Morgan fingerprint density at radius 3 is 2.45 bits per heavy atom. The van der Waals surface area contributed by atoms with E-state index in [1.165, 1.54) is 29.7 Å². The molecule has 2 aromatic carbocycles. The molecule has 0 spiro atoms. The summed E-state index contributed by atoms with van der Waals surface area (Å²) in [4.78, 5) is 21.2. The molecular formula is C21H21ClN4O3S2. The minimum Gasteiger partial charge on any atom is -0.368 e. The van der Waals surface area contributed by atoms with Gasteiger partial charge in [-0.1, -0.05) is 35.9 Å². The molecule has 1 aliphatic rings. The van der Waals surface area contributed by atoms with E-state index in [1.807, 2.05) is 24.3 Å². The van der Waals surface area contributed by atoms with Crippen molar-refractivity contribution in [1.29, 1.82) is 0 Å². The van der Waals surface area contributed by atoms with Crippen LogP contribution in [0.2, 0.25) is 5.02 Å². The summed E-state index contributed by atoms with van der Waals surface area (Å²) in [6.07, 6.45) is 1.53. The zero-order valence-electron chi connectivity index (χ0n) is 16.6. The SMILES string of the molecule is O=C(CN(c1nccs1)S(=O)(=O)c1ccccc1)N1CCN(c2cccc(Cl)c2)CC1. The first-order chi connectivity index (χ1) is 14.9. The molecule has 1 fully saturated rings. The summed E-state index contributed by atoms with van der Waals surface area (Å²) in [5, 5.41) is 2.63. The number of halogens is 1. The normalized spacial score (nSPS) is 14.5. The Bertz CT molecular complexity index is 1130. The molecule has 7 nitrogen and oxygen atoms in total. The molecule has 0 N–H and O–H groups in total. The molecular weight excluding hydrogens is 456 g/mol. The lowest BCUT2D eigenvalue weighted by molar-refractivity contribution is -0.129. The summed E-state index contributed by atoms with van der Waals surface area (Å²) in [7, 11) is -3.91. The molecule has 31 heavy (non-hydrogen) atoms. The van der Waals surface area contributed by atoms with Gasteiger partial charge in [-0.15, -0.1) is 11.3 Å². The highest BCUT2D eigenvalue weighted by atomic mass is 35.5. The number of hydrogen-bond acceptors (Lipinski definition) is 6. The van der Waals surface area contributed by atoms with Crippen LogP contribution in [0, 0.1) is 0 Å². The molecule has 1 aliphatic heterocycles. The van der Waals surface area contributed by atoms with Gasteiger partial charge in [-0.3, -0.25) is 4.79 Å². The van der Waals surface area contributed by atoms with Crippen LogP contribution in [0.15, 0.2) is 71.1 Å². The van der Waals surface area contributed by atoms with Crippen LogP contribution >= 0.6 is 22.9 Å². The molecule has 0 unspecified atom stereocenters. The van der Waals surface area contributed by atoms with E-state index in [2.05, 4.69) is 9.88 Å². The third-order valence-corrected chi connectivity index (χ3v) is 7.94. The van der Waals surface area contributed by atoms with Crippen molar-refractivity contribution in [1.82, 2.24) is 9.88 Å². The van der Waals surface area contributed by atoms with Crippen molar-refractivity contribution in [2.24, 2.45) is 0 Å². The molecule has 4 rings (SSSR count). The van der Waals surface area contributed by atoms with Crippen LogP contribution in [0.25, 0.3) is 0 Å². The van der Waals surface area contributed by atoms with E-state index in [-0.39, 0.29) is 22.5 Å². The number of carbonyl (C=O) groups excluding carboxylic acids is 1. The third-order valence-electron chi connectivity index (χ3n) is 5.05. The number of thiazole rings is 1. The van der Waals surface area contributed by atoms with Crippen LogP contribution in [0.3, 0.4) is 0 Å². The highest BCUT2D eigenvalue weighted by molar-refractivity contribution is 7.93. The predicted molar refractivity (Wildman–Crippen MR) is 123 cm³/mol. The molecule has 0 bridgehead atoms. The Morgan fingerprint density at radius 2 is 1.81 bits per heavy atom. The van der Waals surface area contributed by atoms with Crippen molar-refractivity contribution in [3.8, 4) is 0 Å². The zero-order chi connectivity index (χ0) is 21.8. The van der Waals surface area contributed by atoms with Crippen molar-refractivity contribution < 1.29 is 13.2 Å². The van der Waals surface area contributed by atoms with Crippen molar-refractivity contribution in [2.45, 2.75) is 4.90 Å². The highest BCUT2D eigenvalue weighted by Gasteiger charge is 2.31. The van der Waals surface area contributed by atoms with E-state index in [1.54, 1.807) is 28.5 Å². The van der Waals surface area contributed by atoms with Gasteiger partial charge in [0.15, 0.2) is 5.13 Å². The van der Waals surface area contributed by atoms with Crippen molar-refractivity contribution in [3.63, 3.8) is 0 Å². The Balaban J connectivity index is 1.48. The van der Waals surface area contributed by atoms with E-state index < -0.39 is 10.0 Å². The van der Waals surface area contributed by atoms with Crippen LogP contribution in [-0.2, 0) is 14.8 Å². The number of aromatic nitrogens is 1. The first-order valence-electron chi connectivity index (χ1n) is 9.71. The van der Waals surface area contributed by atoms with Gasteiger partial charge in [0.2, 0.25) is 5.91 Å². The molecule has 162 valence electrons. The monoisotopic (exact) mass is 476 g/mol. The molecule has 1 amide bonds. The number of piperazine rings is 1. The lowest BCUT2D eigenvalue weighted by Crippen LogP contribution is -2.52. The first kappa shape index (κ1) is 21.6. The lowest BCUT2D eigenvalue weighted by atomic mass is 10.2. The molecule has 0 saturated carbocycles. The largest absolute Gasteiger partial charge is 0.368 e. The third kappa shape index (κ3) is 4.84. The number of sulfonamides is 1. The summed E-state index contributed by atoms with van der Waals surface area (Å²) in [6.45, 7) is 2.01. The standard InChI is InChI=1S/C21H21ClN4O3S2/c22-17-5-4-6-18(15-17)24-10-12-25(13-11-24)20(27)16-26(21-23-9-14-30-21)31(28,29)19-7-2-1-3-8-19/h1-9,14-15H,10-13,16H2. The van der Waals surface area contributed by atoms with Crippen molar-refractivity contribution in [2.75, 3.05) is 41.9 Å². The van der Waals surface area contributed by atoms with Gasteiger partial charge in [0.1, 0.15) is 6.54 Å². The number of nitrogens with zero attached hydrogens (tertiary/aromatic N) is 4. The second-order valence-corrected chi connectivity index (χ2v) is 10.2. The number of amides is 1. The van der Waals surface area contributed by atoms with Gasteiger partial charge in [-0.25, -0.2) is 17.7 Å². The average Bonchev–Trinajstić information content (AvgIpc) is 3.32. The topological polar surface area (TPSA) is 73.8 Å². The number of carbonyl (C=O) groups is 1. The van der Waals surface area contributed by atoms with Gasteiger partial charge in [0.05, 0.1) is 4.90 Å². The van der Waals surface area contributed by atoms with Crippen LogP contribution < -0.4 is 9.21 Å². The quantitative estimate of drug-likeness (QED) is 0.545. The van der Waals surface area contributed by atoms with Crippen LogP contribution in [0.5, 0.6) is 0 Å². The summed E-state index contributed by atoms with van der Waals surface area (Å²) in [6, 6.07) is 15.7. The van der Waals surface area contributed by atoms with E-state index in [0.29, 0.717) is 31.2 Å². The van der Waals surface area contributed by atoms with Gasteiger partial charge in [-0.05, 0) is 30.3 Å². The highest BCUT2D eigenvalue weighted by Crippen LogP contribution is 2.26. The molecule has 2 heterocycles. The summed E-state index contributed by atoms with van der Waals surface area (Å²) >= 11 is 7.27. The minimum atomic E-state index is -3.91. The van der Waals surface area contributed by atoms with Gasteiger partial charge < -0.3 is 9.80 Å². The van der Waals surface area contributed by atoms with E-state index in [9.17, 15) is 13.2 Å². The maximum absolute atomic E-state index is 13.2. The van der Waals surface area contributed by atoms with Gasteiger partial charge in [0, 0.05) is 48.5 Å². The number of benzene rings is 2. The van der Waals surface area contributed by atoms with Gasteiger partial charge >= 0.3 is 0 Å². The fourth-order valence-electron chi connectivity index (χ4n) is 3.42. The maximum atomic E-state index is 13.2. The fraction of sp³-hybridized carbons (Fsp3) is 0.238. The van der Waals surface area contributed by atoms with E-state index in [4.69, 9.17) is 11.6 Å². The zero-order valence-corrected chi connectivity index (χ0v) is 19.0. The van der Waals surface area contributed by atoms with E-state index in [0.717, 1.165) is 9.99 Å². The van der Waals surface area contributed by atoms with Crippen LogP contribution in [0.4, 0.5) is 10.8 Å². The Kier molecular flexibility index (Phi) is 6.45. The summed E-state index contributed by atoms with van der Waals surface area (Å²) < 4.78 is 27.5. The summed E-state index contributed by atoms with van der Waals surface area (Å²) in [5.41, 5.74) is 1.01. The second-order valence-electron chi connectivity index (χ2n) is 6.99. The Morgan fingerprint density at radius 1 is 1.06 bits per heavy atom. The average molecular weight is 477 g/mol. The summed E-state index contributed by atoms with van der Waals surface area (Å²) in [5.74, 6) is -0.250. The smallest absolute Gasteiger partial charge is 0.266 e. The molecule has 10 heteroatoms. The lowest BCUT2D eigenvalue weighted by Gasteiger charge is -2.37. The second kappa shape index (κ2) is 9.25. The first-order valence-corrected chi connectivity index (χ1v) is 12.4. The van der Waals surface area contributed by atoms with E-state index >= 15 is 0 Å². The number of rotatable bonds is 6. The molecule has 0 atom stereocenters. The van der Waals surface area contributed by atoms with Crippen LogP contribution in [-0.4, -0.2) is 56.9 Å². The predicted octanol–water partition coefficient (Wildman–Crippen LogP) is 3.34. The molecule has 3 aromatic rings.